The minimum Gasteiger partial charge on any atom is -0.340 e. The minimum atomic E-state index is -3.71. The Bertz CT molecular complexity index is 774. The van der Waals surface area contributed by atoms with Crippen molar-refractivity contribution in [3.05, 3.63) is 30.1 Å². The van der Waals surface area contributed by atoms with Gasteiger partial charge in [0.2, 0.25) is 15.9 Å². The third-order valence-corrected chi connectivity index (χ3v) is 7.37. The van der Waals surface area contributed by atoms with Gasteiger partial charge in [0.05, 0.1) is 10.8 Å². The lowest BCUT2D eigenvalue weighted by molar-refractivity contribution is -0.138. The summed E-state index contributed by atoms with van der Waals surface area (Å²) in [5.41, 5.74) is 0. The van der Waals surface area contributed by atoms with Crippen molar-refractivity contribution in [1.82, 2.24) is 14.1 Å². The van der Waals surface area contributed by atoms with Gasteiger partial charge in [0, 0.05) is 45.8 Å². The van der Waals surface area contributed by atoms with Gasteiger partial charge in [-0.25, -0.2) is 12.8 Å². The summed E-state index contributed by atoms with van der Waals surface area (Å²) in [7, 11) is -3.71. The second kappa shape index (κ2) is 8.88. The molecule has 0 saturated carbocycles. The second-order valence-electron chi connectivity index (χ2n) is 8.18. The second-order valence-corrected chi connectivity index (χ2v) is 10.1. The summed E-state index contributed by atoms with van der Waals surface area (Å²) in [4.78, 5) is 17.3. The van der Waals surface area contributed by atoms with Gasteiger partial charge < -0.3 is 4.90 Å². The molecule has 0 spiro atoms. The molecule has 1 aromatic carbocycles. The van der Waals surface area contributed by atoms with Crippen LogP contribution in [-0.2, 0) is 14.8 Å². The first-order valence-electron chi connectivity index (χ1n) is 10.0. The van der Waals surface area contributed by atoms with Gasteiger partial charge in [-0.15, -0.1) is 0 Å². The van der Waals surface area contributed by atoms with Crippen molar-refractivity contribution < 1.29 is 17.6 Å². The van der Waals surface area contributed by atoms with Crippen LogP contribution >= 0.6 is 0 Å². The van der Waals surface area contributed by atoms with E-state index in [0.29, 0.717) is 38.4 Å². The van der Waals surface area contributed by atoms with Crippen LogP contribution in [-0.4, -0.2) is 74.2 Å². The van der Waals surface area contributed by atoms with Crippen LogP contribution in [0.5, 0.6) is 0 Å². The molecule has 2 saturated heterocycles. The first kappa shape index (κ1) is 21.2. The molecule has 2 aliphatic rings. The Morgan fingerprint density at radius 2 is 1.75 bits per heavy atom. The number of sulfonamides is 1. The van der Waals surface area contributed by atoms with Crippen LogP contribution in [0.3, 0.4) is 0 Å². The molecule has 1 unspecified atom stereocenters. The Balaban J connectivity index is 1.62. The molecule has 1 amide bonds. The Hall–Kier alpha value is -1.51. The predicted molar refractivity (Wildman–Crippen MR) is 106 cm³/mol. The van der Waals surface area contributed by atoms with Crippen molar-refractivity contribution in [2.75, 3.05) is 45.8 Å². The molecular formula is C20H30FN3O3S. The maximum absolute atomic E-state index is 13.1. The molecule has 0 aromatic heterocycles. The molecule has 2 fully saturated rings. The van der Waals surface area contributed by atoms with Crippen molar-refractivity contribution in [3.8, 4) is 0 Å². The van der Waals surface area contributed by atoms with Crippen molar-refractivity contribution in [2.45, 2.75) is 31.6 Å². The summed E-state index contributed by atoms with van der Waals surface area (Å²) in [6.07, 6.45) is 1.37. The summed E-state index contributed by atoms with van der Waals surface area (Å²) < 4.78 is 40.2. The van der Waals surface area contributed by atoms with E-state index in [-0.39, 0.29) is 23.3 Å². The number of carbonyl (C=O) groups excluding carboxylic acids is 1. The van der Waals surface area contributed by atoms with Gasteiger partial charge in [0.1, 0.15) is 5.82 Å². The lowest BCUT2D eigenvalue weighted by Crippen LogP contribution is -2.53. The highest BCUT2D eigenvalue weighted by Gasteiger charge is 2.35. The van der Waals surface area contributed by atoms with Gasteiger partial charge in [0.25, 0.3) is 0 Å². The quantitative estimate of drug-likeness (QED) is 0.744. The summed E-state index contributed by atoms with van der Waals surface area (Å²) in [6, 6.07) is 4.86. The van der Waals surface area contributed by atoms with Gasteiger partial charge >= 0.3 is 0 Å². The molecule has 0 bridgehead atoms. The zero-order valence-electron chi connectivity index (χ0n) is 16.7. The van der Waals surface area contributed by atoms with E-state index in [4.69, 9.17) is 0 Å². The Morgan fingerprint density at radius 1 is 1.11 bits per heavy atom. The third kappa shape index (κ3) is 4.90. The monoisotopic (exact) mass is 411 g/mol. The molecule has 156 valence electrons. The van der Waals surface area contributed by atoms with Crippen LogP contribution < -0.4 is 0 Å². The van der Waals surface area contributed by atoms with Crippen molar-refractivity contribution in [1.29, 1.82) is 0 Å². The van der Waals surface area contributed by atoms with E-state index >= 15 is 0 Å². The number of rotatable bonds is 5. The fraction of sp³-hybridized carbons (Fsp3) is 0.650. The molecule has 3 rings (SSSR count). The van der Waals surface area contributed by atoms with E-state index in [9.17, 15) is 17.6 Å². The summed E-state index contributed by atoms with van der Waals surface area (Å²) in [6.45, 7) is 9.15. The molecular weight excluding hydrogens is 381 g/mol. The number of amides is 1. The van der Waals surface area contributed by atoms with E-state index in [1.165, 1.54) is 16.4 Å². The third-order valence-electron chi connectivity index (χ3n) is 5.49. The maximum atomic E-state index is 13.1. The molecule has 2 aliphatic heterocycles. The number of halogens is 1. The van der Waals surface area contributed by atoms with E-state index in [1.54, 1.807) is 0 Å². The Morgan fingerprint density at radius 3 is 2.36 bits per heavy atom. The number of piperidine rings is 1. The highest BCUT2D eigenvalue weighted by molar-refractivity contribution is 7.89. The Labute approximate surface area is 167 Å². The van der Waals surface area contributed by atoms with Crippen molar-refractivity contribution in [2.24, 2.45) is 11.8 Å². The van der Waals surface area contributed by atoms with Crippen molar-refractivity contribution >= 4 is 15.9 Å². The number of nitrogens with zero attached hydrogens (tertiary/aromatic N) is 3. The molecule has 28 heavy (non-hydrogen) atoms. The smallest absolute Gasteiger partial charge is 0.243 e. The number of hydrogen-bond donors (Lipinski definition) is 0. The number of carbonyl (C=O) groups is 1. The van der Waals surface area contributed by atoms with Crippen molar-refractivity contribution in [3.63, 3.8) is 0 Å². The SMILES string of the molecule is CC(C)CN1CCN(C(=O)C2CCCN(S(=O)(=O)c3ccc(F)cc3)C2)CC1. The minimum absolute atomic E-state index is 0.0585. The van der Waals surface area contributed by atoms with E-state index in [1.807, 2.05) is 4.90 Å². The highest BCUT2D eigenvalue weighted by Crippen LogP contribution is 2.25. The molecule has 0 radical (unpaired) electrons. The fourth-order valence-corrected chi connectivity index (χ4v) is 5.57. The summed E-state index contributed by atoms with van der Waals surface area (Å²) in [5, 5.41) is 0. The van der Waals surface area contributed by atoms with Crippen LogP contribution in [0.4, 0.5) is 4.39 Å². The predicted octanol–water partition coefficient (Wildman–Crippen LogP) is 2.03. The summed E-state index contributed by atoms with van der Waals surface area (Å²) in [5.74, 6) is -0.114. The molecule has 6 nitrogen and oxygen atoms in total. The Kier molecular flexibility index (Phi) is 6.73. The average Bonchev–Trinajstić information content (AvgIpc) is 2.68. The molecule has 0 aliphatic carbocycles. The van der Waals surface area contributed by atoms with E-state index in [2.05, 4.69) is 18.7 Å². The summed E-state index contributed by atoms with van der Waals surface area (Å²) >= 11 is 0. The van der Waals surface area contributed by atoms with E-state index in [0.717, 1.165) is 31.8 Å². The largest absolute Gasteiger partial charge is 0.340 e. The molecule has 8 heteroatoms. The van der Waals surface area contributed by atoms with Crippen LogP contribution in [0.15, 0.2) is 29.2 Å². The number of hydrogen-bond acceptors (Lipinski definition) is 4. The van der Waals surface area contributed by atoms with Gasteiger partial charge in [-0.2, -0.15) is 4.31 Å². The molecule has 0 N–H and O–H groups in total. The zero-order chi connectivity index (χ0) is 20.3. The topological polar surface area (TPSA) is 60.9 Å². The van der Waals surface area contributed by atoms with Crippen LogP contribution in [0.25, 0.3) is 0 Å². The maximum Gasteiger partial charge on any atom is 0.243 e. The molecule has 1 atom stereocenters. The average molecular weight is 412 g/mol. The molecule has 2 heterocycles. The lowest BCUT2D eigenvalue weighted by atomic mass is 9.97. The first-order chi connectivity index (χ1) is 13.3. The van der Waals surface area contributed by atoms with Gasteiger partial charge in [-0.3, -0.25) is 9.69 Å². The van der Waals surface area contributed by atoms with Crippen LogP contribution in [0, 0.1) is 17.7 Å². The normalized spacial score (nSPS) is 22.6. The van der Waals surface area contributed by atoms with Crippen LogP contribution in [0.1, 0.15) is 26.7 Å². The van der Waals surface area contributed by atoms with Gasteiger partial charge in [-0.1, -0.05) is 13.8 Å². The van der Waals surface area contributed by atoms with E-state index < -0.39 is 15.8 Å². The number of piperazine rings is 1. The first-order valence-corrected chi connectivity index (χ1v) is 11.5. The highest BCUT2D eigenvalue weighted by atomic mass is 32.2. The standard InChI is InChI=1S/C20H30FN3O3S/c1-16(2)14-22-10-12-23(13-11-22)20(25)17-4-3-9-24(15-17)28(26,27)19-7-5-18(21)6-8-19/h5-8,16-17H,3-4,9-15H2,1-2H3. The fourth-order valence-electron chi connectivity index (χ4n) is 4.04. The lowest BCUT2D eigenvalue weighted by Gasteiger charge is -2.39. The molecule has 1 aromatic rings. The van der Waals surface area contributed by atoms with Gasteiger partial charge in [-0.05, 0) is 43.0 Å². The zero-order valence-corrected chi connectivity index (χ0v) is 17.5. The van der Waals surface area contributed by atoms with Gasteiger partial charge in [0.15, 0.2) is 0 Å². The number of benzene rings is 1. The van der Waals surface area contributed by atoms with Crippen LogP contribution in [0.2, 0.25) is 0 Å².